The van der Waals surface area contributed by atoms with E-state index in [1.165, 1.54) is 0 Å². The fourth-order valence-electron chi connectivity index (χ4n) is 1.98. The van der Waals surface area contributed by atoms with Gasteiger partial charge in [-0.2, -0.15) is 0 Å². The normalized spacial score (nSPS) is 11.0. The Morgan fingerprint density at radius 3 is 2.94 bits per heavy atom. The fourth-order valence-corrected chi connectivity index (χ4v) is 2.67. The van der Waals surface area contributed by atoms with E-state index in [2.05, 4.69) is 22.8 Å². The second-order valence-electron chi connectivity index (χ2n) is 4.26. The van der Waals surface area contributed by atoms with Gasteiger partial charge in [0.15, 0.2) is 0 Å². The molecule has 0 fully saturated rings. The van der Waals surface area contributed by atoms with E-state index in [9.17, 15) is 0 Å². The Bertz CT molecular complexity index is 726. The first kappa shape index (κ1) is 11.2. The van der Waals surface area contributed by atoms with Gasteiger partial charge >= 0.3 is 0 Å². The average molecular weight is 256 g/mol. The molecule has 90 valence electrons. The third-order valence-electron chi connectivity index (χ3n) is 2.85. The van der Waals surface area contributed by atoms with Gasteiger partial charge in [0, 0.05) is 0 Å². The molecule has 3 heterocycles. The highest BCUT2D eigenvalue weighted by Crippen LogP contribution is 2.31. The van der Waals surface area contributed by atoms with E-state index < -0.39 is 0 Å². The molecule has 3 rings (SSSR count). The lowest BCUT2D eigenvalue weighted by atomic mass is 10.0. The van der Waals surface area contributed by atoms with Crippen molar-refractivity contribution in [2.24, 2.45) is 0 Å². The van der Waals surface area contributed by atoms with Crippen LogP contribution in [0.15, 0.2) is 34.7 Å². The van der Waals surface area contributed by atoms with Crippen molar-refractivity contribution in [3.8, 4) is 10.6 Å². The van der Waals surface area contributed by atoms with Gasteiger partial charge in [0.25, 0.3) is 5.71 Å². The van der Waals surface area contributed by atoms with E-state index in [1.807, 2.05) is 31.4 Å². The molecule has 0 N–H and O–H groups in total. The van der Waals surface area contributed by atoms with Crippen LogP contribution in [0.25, 0.3) is 27.2 Å². The summed E-state index contributed by atoms with van der Waals surface area (Å²) in [6.07, 6.45) is 0. The lowest BCUT2D eigenvalue weighted by Gasteiger charge is -2.04. The van der Waals surface area contributed by atoms with Gasteiger partial charge in [-0.05, 0) is 36.9 Å². The summed E-state index contributed by atoms with van der Waals surface area (Å²) in [5, 5.41) is 6.98. The molecule has 0 spiro atoms. The highest BCUT2D eigenvalue weighted by atomic mass is 32.1. The summed E-state index contributed by atoms with van der Waals surface area (Å²) in [5.74, 6) is 0. The molecule has 3 aromatic heterocycles. The summed E-state index contributed by atoms with van der Waals surface area (Å²) in [5.41, 5.74) is 4.39. The lowest BCUT2D eigenvalue weighted by molar-refractivity contribution is 0.443. The van der Waals surface area contributed by atoms with Gasteiger partial charge in [0.05, 0.1) is 21.7 Å². The zero-order valence-electron chi connectivity index (χ0n) is 10.2. The van der Waals surface area contributed by atoms with Gasteiger partial charge in [-0.15, -0.1) is 11.3 Å². The van der Waals surface area contributed by atoms with Crippen molar-refractivity contribution < 1.29 is 4.52 Å². The first-order valence-electron chi connectivity index (χ1n) is 5.63. The van der Waals surface area contributed by atoms with E-state index in [1.54, 1.807) is 11.3 Å². The second-order valence-corrected chi connectivity index (χ2v) is 5.21. The van der Waals surface area contributed by atoms with Crippen molar-refractivity contribution in [2.75, 3.05) is 0 Å². The van der Waals surface area contributed by atoms with E-state index in [4.69, 9.17) is 4.52 Å². The van der Waals surface area contributed by atoms with Crippen LogP contribution in [0, 0.1) is 6.92 Å². The molecule has 4 heteroatoms. The van der Waals surface area contributed by atoms with Crippen LogP contribution >= 0.6 is 11.3 Å². The maximum Gasteiger partial charge on any atom is 0.259 e. The number of rotatable bonds is 2. The number of thiophene rings is 1. The molecule has 0 saturated carbocycles. The number of aromatic nitrogens is 2. The quantitative estimate of drug-likeness (QED) is 0.686. The molecule has 3 nitrogen and oxygen atoms in total. The van der Waals surface area contributed by atoms with Crippen molar-refractivity contribution >= 4 is 28.0 Å². The third kappa shape index (κ3) is 1.66. The number of nitrogens with zero attached hydrogens (tertiary/aromatic N) is 2. The van der Waals surface area contributed by atoms with Gasteiger partial charge in [0.2, 0.25) is 0 Å². The smallest absolute Gasteiger partial charge is 0.259 e. The maximum absolute atomic E-state index is 5.28. The monoisotopic (exact) mass is 256 g/mol. The predicted molar refractivity (Wildman–Crippen MR) is 74.6 cm³/mol. The summed E-state index contributed by atoms with van der Waals surface area (Å²) in [7, 11) is 0. The van der Waals surface area contributed by atoms with Crippen molar-refractivity contribution in [2.45, 2.75) is 13.8 Å². The van der Waals surface area contributed by atoms with E-state index in [0.29, 0.717) is 5.71 Å². The fraction of sp³-hybridized carbons (Fsp3) is 0.143. The second kappa shape index (κ2) is 4.07. The third-order valence-corrected chi connectivity index (χ3v) is 3.74. The molecule has 0 atom stereocenters. The number of hydrogen-bond donors (Lipinski definition) is 0. The first-order valence-corrected chi connectivity index (χ1v) is 6.51. The highest BCUT2D eigenvalue weighted by Gasteiger charge is 2.14. The van der Waals surface area contributed by atoms with Crippen LogP contribution < -0.4 is 0 Å². The standard InChI is InChI=1S/C14H12N2OS/c1-8(2)10-7-11(12-5-4-6-18-12)15-14-13(10)9(3)16-17-14/h4-7H,1H2,2-3H3. The van der Waals surface area contributed by atoms with Gasteiger partial charge in [-0.3, -0.25) is 0 Å². The van der Waals surface area contributed by atoms with Crippen LogP contribution in [0.2, 0.25) is 0 Å². The molecule has 0 unspecified atom stereocenters. The van der Waals surface area contributed by atoms with E-state index in [0.717, 1.165) is 32.8 Å². The number of aryl methyl sites for hydroxylation is 1. The molecule has 0 amide bonds. The van der Waals surface area contributed by atoms with Crippen molar-refractivity contribution in [3.05, 3.63) is 41.4 Å². The zero-order valence-corrected chi connectivity index (χ0v) is 11.0. The lowest BCUT2D eigenvalue weighted by Crippen LogP contribution is -1.88. The largest absolute Gasteiger partial charge is 0.336 e. The number of hydrogen-bond acceptors (Lipinski definition) is 4. The topological polar surface area (TPSA) is 38.9 Å². The summed E-state index contributed by atoms with van der Waals surface area (Å²) in [4.78, 5) is 5.64. The minimum absolute atomic E-state index is 0.580. The highest BCUT2D eigenvalue weighted by molar-refractivity contribution is 7.13. The molecule has 18 heavy (non-hydrogen) atoms. The van der Waals surface area contributed by atoms with Crippen molar-refractivity contribution in [3.63, 3.8) is 0 Å². The molecular weight excluding hydrogens is 244 g/mol. The molecule has 0 aromatic carbocycles. The van der Waals surface area contributed by atoms with Crippen LogP contribution in [-0.4, -0.2) is 10.1 Å². The van der Waals surface area contributed by atoms with Crippen molar-refractivity contribution in [1.82, 2.24) is 10.1 Å². The molecule has 0 aliphatic carbocycles. The van der Waals surface area contributed by atoms with Gasteiger partial charge < -0.3 is 4.52 Å². The maximum atomic E-state index is 5.28. The molecule has 0 aliphatic heterocycles. The number of pyridine rings is 1. The average Bonchev–Trinajstić information content (AvgIpc) is 2.98. The SMILES string of the molecule is C=C(C)c1cc(-c2cccs2)nc2onc(C)c12. The summed E-state index contributed by atoms with van der Waals surface area (Å²) < 4.78 is 5.28. The predicted octanol–water partition coefficient (Wildman–Crippen LogP) is 4.29. The van der Waals surface area contributed by atoms with Crippen molar-refractivity contribution in [1.29, 1.82) is 0 Å². The summed E-state index contributed by atoms with van der Waals surface area (Å²) >= 11 is 1.66. The Labute approximate surface area is 109 Å². The van der Waals surface area contributed by atoms with Crippen LogP contribution in [0.5, 0.6) is 0 Å². The number of allylic oxidation sites excluding steroid dienone is 1. The Hall–Kier alpha value is -1.94. The molecule has 0 bridgehead atoms. The molecule has 3 aromatic rings. The molecule has 0 saturated heterocycles. The first-order chi connectivity index (χ1) is 8.66. The van der Waals surface area contributed by atoms with Crippen LogP contribution in [0.4, 0.5) is 0 Å². The molecular formula is C14H12N2OS. The molecule has 0 aliphatic rings. The van der Waals surface area contributed by atoms with Crippen LogP contribution in [-0.2, 0) is 0 Å². The van der Waals surface area contributed by atoms with Gasteiger partial charge in [0.1, 0.15) is 0 Å². The summed E-state index contributed by atoms with van der Waals surface area (Å²) in [6, 6.07) is 6.11. The Morgan fingerprint density at radius 2 is 2.28 bits per heavy atom. The van der Waals surface area contributed by atoms with E-state index in [-0.39, 0.29) is 0 Å². The van der Waals surface area contributed by atoms with Gasteiger partial charge in [-0.1, -0.05) is 23.4 Å². The van der Waals surface area contributed by atoms with Crippen LogP contribution in [0.3, 0.4) is 0 Å². The Morgan fingerprint density at radius 1 is 1.44 bits per heavy atom. The zero-order chi connectivity index (χ0) is 12.7. The minimum atomic E-state index is 0.580. The minimum Gasteiger partial charge on any atom is -0.336 e. The van der Waals surface area contributed by atoms with E-state index >= 15 is 0 Å². The Balaban J connectivity index is 2.34. The number of fused-ring (bicyclic) bond motifs is 1. The van der Waals surface area contributed by atoms with Crippen LogP contribution in [0.1, 0.15) is 18.2 Å². The summed E-state index contributed by atoms with van der Waals surface area (Å²) in [6.45, 7) is 7.93. The Kier molecular flexibility index (Phi) is 2.52. The van der Waals surface area contributed by atoms with Gasteiger partial charge in [-0.25, -0.2) is 4.98 Å². The molecule has 0 radical (unpaired) electrons.